The summed E-state index contributed by atoms with van der Waals surface area (Å²) in [6, 6.07) is 9.34. The third-order valence-corrected chi connectivity index (χ3v) is 3.88. The van der Waals surface area contributed by atoms with Gasteiger partial charge in [0.1, 0.15) is 0 Å². The van der Waals surface area contributed by atoms with Crippen LogP contribution in [0.1, 0.15) is 32.6 Å². The zero-order valence-corrected chi connectivity index (χ0v) is 11.3. The highest BCUT2D eigenvalue weighted by Gasteiger charge is 2.17. The van der Waals surface area contributed by atoms with Crippen molar-refractivity contribution in [2.24, 2.45) is 5.92 Å². The summed E-state index contributed by atoms with van der Waals surface area (Å²) in [7, 11) is 0. The fourth-order valence-corrected chi connectivity index (χ4v) is 2.76. The number of hydrogen-bond acceptors (Lipinski definition) is 1. The van der Waals surface area contributed by atoms with Crippen molar-refractivity contribution in [2.45, 2.75) is 38.6 Å². The Morgan fingerprint density at radius 2 is 1.93 bits per heavy atom. The number of nitrogens with one attached hydrogen (secondary N) is 1. The second kappa shape index (κ2) is 5.19. The minimum atomic E-state index is 0.694. The Hall–Kier alpha value is -0.250. The van der Waals surface area contributed by atoms with Crippen LogP contribution in [0.5, 0.6) is 0 Å². The largest absolute Gasteiger partial charge is 0.382 e. The lowest BCUT2D eigenvalue weighted by Gasteiger charge is -2.27. The number of halogens is 1. The van der Waals surface area contributed by atoms with E-state index in [2.05, 4.69) is 59.1 Å². The van der Waals surface area contributed by atoms with Crippen molar-refractivity contribution in [1.82, 2.24) is 0 Å². The predicted octanol–water partition coefficient (Wildman–Crippen LogP) is 4.28. The van der Waals surface area contributed by atoms with Crippen LogP contribution in [0.25, 0.3) is 0 Å². The predicted molar refractivity (Wildman–Crippen MR) is 74.2 cm³/mol. The van der Waals surface area contributed by atoms with E-state index in [0.29, 0.717) is 6.04 Å². The fraction of sp³-hybridized carbons (Fsp3) is 0.538. The van der Waals surface area contributed by atoms with Crippen molar-refractivity contribution < 1.29 is 0 Å². The summed E-state index contributed by atoms with van der Waals surface area (Å²) < 4.78 is 1.31. The Morgan fingerprint density at radius 3 is 2.60 bits per heavy atom. The van der Waals surface area contributed by atoms with E-state index < -0.39 is 0 Å². The minimum Gasteiger partial charge on any atom is -0.382 e. The van der Waals surface area contributed by atoms with Crippen molar-refractivity contribution in [2.75, 3.05) is 5.32 Å². The third-order valence-electron chi connectivity index (χ3n) is 3.21. The molecule has 1 fully saturated rings. The summed E-state index contributed by atoms with van der Waals surface area (Å²) in [6.07, 6.45) is 5.41. The summed E-state index contributed by atoms with van der Waals surface area (Å²) in [5.74, 6) is 0.930. The van der Waals surface area contributed by atoms with Gasteiger partial charge in [-0.1, -0.05) is 13.0 Å². The molecule has 1 N–H and O–H groups in total. The summed E-state index contributed by atoms with van der Waals surface area (Å²) in [5, 5.41) is 3.64. The monoisotopic (exact) mass is 315 g/mol. The molecule has 2 heteroatoms. The van der Waals surface area contributed by atoms with Gasteiger partial charge in [0.15, 0.2) is 0 Å². The molecule has 1 aromatic rings. The SMILES string of the molecule is CC1CCC(Nc2cccc(I)c2)CC1. The van der Waals surface area contributed by atoms with Crippen LogP contribution < -0.4 is 5.32 Å². The van der Waals surface area contributed by atoms with Crippen molar-refractivity contribution in [3.05, 3.63) is 27.8 Å². The summed E-state index contributed by atoms with van der Waals surface area (Å²) in [5.41, 5.74) is 1.28. The molecule has 1 nitrogen and oxygen atoms in total. The highest BCUT2D eigenvalue weighted by atomic mass is 127. The number of rotatable bonds is 2. The van der Waals surface area contributed by atoms with Crippen LogP contribution in [-0.2, 0) is 0 Å². The van der Waals surface area contributed by atoms with Gasteiger partial charge in [-0.15, -0.1) is 0 Å². The molecule has 1 aliphatic rings. The number of benzene rings is 1. The van der Waals surface area contributed by atoms with E-state index in [9.17, 15) is 0 Å². The normalized spacial score (nSPS) is 26.3. The van der Waals surface area contributed by atoms with E-state index >= 15 is 0 Å². The molecule has 15 heavy (non-hydrogen) atoms. The molecular formula is C13H18IN. The van der Waals surface area contributed by atoms with Crippen molar-refractivity contribution >= 4 is 28.3 Å². The molecular weight excluding hydrogens is 297 g/mol. The van der Waals surface area contributed by atoms with E-state index in [1.54, 1.807) is 0 Å². The van der Waals surface area contributed by atoms with Crippen LogP contribution >= 0.6 is 22.6 Å². The van der Waals surface area contributed by atoms with Crippen molar-refractivity contribution in [3.63, 3.8) is 0 Å². The topological polar surface area (TPSA) is 12.0 Å². The zero-order chi connectivity index (χ0) is 10.7. The molecule has 0 spiro atoms. The molecule has 2 rings (SSSR count). The molecule has 0 atom stereocenters. The maximum atomic E-state index is 3.64. The summed E-state index contributed by atoms with van der Waals surface area (Å²) in [4.78, 5) is 0. The lowest BCUT2D eigenvalue weighted by molar-refractivity contribution is 0.361. The fourth-order valence-electron chi connectivity index (χ4n) is 2.22. The molecule has 0 bridgehead atoms. The van der Waals surface area contributed by atoms with Crippen LogP contribution in [0.4, 0.5) is 5.69 Å². The van der Waals surface area contributed by atoms with Crippen LogP contribution in [0.3, 0.4) is 0 Å². The van der Waals surface area contributed by atoms with E-state index in [1.807, 2.05) is 0 Å². The first-order chi connectivity index (χ1) is 7.24. The van der Waals surface area contributed by atoms with Gasteiger partial charge >= 0.3 is 0 Å². The average Bonchev–Trinajstić information content (AvgIpc) is 2.22. The van der Waals surface area contributed by atoms with Gasteiger partial charge in [-0.2, -0.15) is 0 Å². The first kappa shape index (κ1) is 11.2. The lowest BCUT2D eigenvalue weighted by atomic mass is 9.87. The quantitative estimate of drug-likeness (QED) is 0.803. The minimum absolute atomic E-state index is 0.694. The Labute approximate surface area is 106 Å². The highest BCUT2D eigenvalue weighted by molar-refractivity contribution is 14.1. The van der Waals surface area contributed by atoms with Gasteiger partial charge in [0.05, 0.1) is 0 Å². The van der Waals surface area contributed by atoms with Crippen LogP contribution in [0.2, 0.25) is 0 Å². The highest BCUT2D eigenvalue weighted by Crippen LogP contribution is 2.26. The van der Waals surface area contributed by atoms with Gasteiger partial charge in [-0.3, -0.25) is 0 Å². The lowest BCUT2D eigenvalue weighted by Crippen LogP contribution is -2.25. The first-order valence-corrected chi connectivity index (χ1v) is 6.84. The molecule has 0 radical (unpaired) electrons. The third kappa shape index (κ3) is 3.37. The Kier molecular flexibility index (Phi) is 3.89. The van der Waals surface area contributed by atoms with E-state index in [4.69, 9.17) is 0 Å². The van der Waals surface area contributed by atoms with Gasteiger partial charge in [-0.25, -0.2) is 0 Å². The first-order valence-electron chi connectivity index (χ1n) is 5.76. The molecule has 1 saturated carbocycles. The van der Waals surface area contributed by atoms with Gasteiger partial charge < -0.3 is 5.32 Å². The molecule has 0 heterocycles. The Morgan fingerprint density at radius 1 is 1.20 bits per heavy atom. The molecule has 0 aliphatic heterocycles. The van der Waals surface area contributed by atoms with Crippen LogP contribution in [0.15, 0.2) is 24.3 Å². The van der Waals surface area contributed by atoms with Crippen molar-refractivity contribution in [3.8, 4) is 0 Å². The van der Waals surface area contributed by atoms with Gasteiger partial charge in [-0.05, 0) is 72.4 Å². The van der Waals surface area contributed by atoms with Gasteiger partial charge in [0.25, 0.3) is 0 Å². The maximum Gasteiger partial charge on any atom is 0.0352 e. The number of hydrogen-bond donors (Lipinski definition) is 1. The molecule has 0 unspecified atom stereocenters. The van der Waals surface area contributed by atoms with Crippen LogP contribution in [0, 0.1) is 9.49 Å². The Balaban J connectivity index is 1.92. The molecule has 0 amide bonds. The van der Waals surface area contributed by atoms with Crippen molar-refractivity contribution in [1.29, 1.82) is 0 Å². The summed E-state index contributed by atoms with van der Waals surface area (Å²) >= 11 is 2.36. The maximum absolute atomic E-state index is 3.64. The molecule has 82 valence electrons. The van der Waals surface area contributed by atoms with E-state index in [0.717, 1.165) is 5.92 Å². The van der Waals surface area contributed by atoms with E-state index in [1.165, 1.54) is 34.9 Å². The Bertz CT molecular complexity index is 316. The zero-order valence-electron chi connectivity index (χ0n) is 9.17. The van der Waals surface area contributed by atoms with Crippen LogP contribution in [-0.4, -0.2) is 6.04 Å². The van der Waals surface area contributed by atoms with E-state index in [-0.39, 0.29) is 0 Å². The van der Waals surface area contributed by atoms with Gasteiger partial charge in [0, 0.05) is 15.3 Å². The second-order valence-corrected chi connectivity index (χ2v) is 5.86. The average molecular weight is 315 g/mol. The molecule has 0 saturated heterocycles. The van der Waals surface area contributed by atoms with Gasteiger partial charge in [0.2, 0.25) is 0 Å². The number of anilines is 1. The molecule has 1 aromatic carbocycles. The second-order valence-electron chi connectivity index (χ2n) is 4.61. The molecule has 1 aliphatic carbocycles. The standard InChI is InChI=1S/C13H18IN/c1-10-5-7-12(8-6-10)15-13-4-2-3-11(14)9-13/h2-4,9-10,12,15H,5-8H2,1H3. The molecule has 0 aromatic heterocycles. The summed E-state index contributed by atoms with van der Waals surface area (Å²) in [6.45, 7) is 2.36. The smallest absolute Gasteiger partial charge is 0.0352 e.